The number of aliphatic hydroxyl groups is 2. The molecule has 0 fully saturated rings. The molecule has 0 saturated heterocycles. The van der Waals surface area contributed by atoms with E-state index in [1.165, 1.54) is 6.92 Å². The highest BCUT2D eigenvalue weighted by molar-refractivity contribution is 5.81. The largest absolute Gasteiger partial charge is 0.461 e. The van der Waals surface area contributed by atoms with Gasteiger partial charge in [0.25, 0.3) is 0 Å². The minimum Gasteiger partial charge on any atom is -0.461 e. The highest BCUT2D eigenvalue weighted by atomic mass is 16.5. The second-order valence-electron chi connectivity index (χ2n) is 3.63. The van der Waals surface area contributed by atoms with Crippen molar-refractivity contribution in [2.24, 2.45) is 0 Å². The van der Waals surface area contributed by atoms with Gasteiger partial charge in [0, 0.05) is 6.08 Å². The van der Waals surface area contributed by atoms with Crippen molar-refractivity contribution >= 4 is 12.0 Å². The molecule has 98 valence electrons. The van der Waals surface area contributed by atoms with E-state index in [9.17, 15) is 9.59 Å². The summed E-state index contributed by atoms with van der Waals surface area (Å²) >= 11 is 0. The van der Waals surface area contributed by atoms with Crippen LogP contribution in [0.2, 0.25) is 0 Å². The van der Waals surface area contributed by atoms with E-state index >= 15 is 0 Å². The Hall–Kier alpha value is -1.60. The second kappa shape index (κ2) is 7.64. The van der Waals surface area contributed by atoms with Crippen LogP contribution in [0.1, 0.15) is 6.92 Å². The summed E-state index contributed by atoms with van der Waals surface area (Å²) in [7, 11) is 0. The molecular formula is C10H18N2O5. The van der Waals surface area contributed by atoms with E-state index in [1.807, 2.05) is 0 Å². The monoisotopic (exact) mass is 246 g/mol. The van der Waals surface area contributed by atoms with Crippen LogP contribution < -0.4 is 10.6 Å². The van der Waals surface area contributed by atoms with Gasteiger partial charge in [-0.05, 0) is 6.92 Å². The quantitative estimate of drug-likeness (QED) is 0.255. The van der Waals surface area contributed by atoms with E-state index in [-0.39, 0.29) is 26.4 Å². The van der Waals surface area contributed by atoms with Crippen molar-refractivity contribution in [3.63, 3.8) is 0 Å². The number of urea groups is 1. The topological polar surface area (TPSA) is 108 Å². The van der Waals surface area contributed by atoms with Crippen molar-refractivity contribution in [3.8, 4) is 0 Å². The maximum Gasteiger partial charge on any atom is 0.330 e. The number of hydrogen-bond donors (Lipinski definition) is 4. The molecule has 0 rings (SSSR count). The van der Waals surface area contributed by atoms with E-state index in [4.69, 9.17) is 10.2 Å². The Kier molecular flexibility index (Phi) is 6.92. The van der Waals surface area contributed by atoms with Gasteiger partial charge < -0.3 is 25.6 Å². The number of nitrogens with one attached hydrogen (secondary N) is 2. The van der Waals surface area contributed by atoms with Crippen LogP contribution in [0.3, 0.4) is 0 Å². The predicted molar refractivity (Wildman–Crippen MR) is 60.3 cm³/mol. The summed E-state index contributed by atoms with van der Waals surface area (Å²) in [4.78, 5) is 21.9. The second-order valence-corrected chi connectivity index (χ2v) is 3.63. The number of rotatable bonds is 7. The van der Waals surface area contributed by atoms with Crippen LogP contribution in [0.5, 0.6) is 0 Å². The SMILES string of the molecule is C=CC(=O)OCCNC(=O)NC(C)(CO)CO. The Balaban J connectivity index is 3.80. The Morgan fingerprint density at radius 1 is 1.41 bits per heavy atom. The number of ether oxygens (including phenoxy) is 1. The van der Waals surface area contributed by atoms with Crippen LogP contribution >= 0.6 is 0 Å². The normalized spacial score (nSPS) is 10.5. The number of amides is 2. The standard InChI is InChI=1S/C10H18N2O5/c1-3-8(15)17-5-4-11-9(16)12-10(2,6-13)7-14/h3,13-14H,1,4-7H2,2H3,(H2,11,12,16). The molecule has 0 spiro atoms. The first-order valence-electron chi connectivity index (χ1n) is 5.04. The molecule has 0 heterocycles. The maximum atomic E-state index is 11.3. The van der Waals surface area contributed by atoms with Crippen LogP contribution in [-0.2, 0) is 9.53 Å². The lowest BCUT2D eigenvalue weighted by Crippen LogP contribution is -2.55. The summed E-state index contributed by atoms with van der Waals surface area (Å²) in [6.45, 7) is 4.08. The fraction of sp³-hybridized carbons (Fsp3) is 0.600. The van der Waals surface area contributed by atoms with Crippen molar-refractivity contribution in [2.75, 3.05) is 26.4 Å². The van der Waals surface area contributed by atoms with Gasteiger partial charge in [-0.15, -0.1) is 0 Å². The third-order valence-electron chi connectivity index (χ3n) is 1.91. The van der Waals surface area contributed by atoms with Crippen LogP contribution in [0.4, 0.5) is 4.79 Å². The molecule has 0 unspecified atom stereocenters. The number of carbonyl (C=O) groups is 2. The van der Waals surface area contributed by atoms with Gasteiger partial charge in [0.05, 0.1) is 25.3 Å². The van der Waals surface area contributed by atoms with E-state index < -0.39 is 17.5 Å². The van der Waals surface area contributed by atoms with Crippen molar-refractivity contribution < 1.29 is 24.5 Å². The molecule has 0 aliphatic rings. The van der Waals surface area contributed by atoms with Crippen molar-refractivity contribution in [1.29, 1.82) is 0 Å². The minimum atomic E-state index is -1.08. The molecule has 17 heavy (non-hydrogen) atoms. The maximum absolute atomic E-state index is 11.3. The molecule has 7 heteroatoms. The highest BCUT2D eigenvalue weighted by Gasteiger charge is 2.24. The summed E-state index contributed by atoms with van der Waals surface area (Å²) in [5, 5.41) is 22.6. The number of carbonyl (C=O) groups excluding carboxylic acids is 2. The summed E-state index contributed by atoms with van der Waals surface area (Å²) in [6.07, 6.45) is 1.02. The van der Waals surface area contributed by atoms with Crippen LogP contribution in [0, 0.1) is 0 Å². The number of esters is 1. The Morgan fingerprint density at radius 3 is 2.47 bits per heavy atom. The lowest BCUT2D eigenvalue weighted by molar-refractivity contribution is -0.137. The van der Waals surface area contributed by atoms with Gasteiger partial charge in [-0.1, -0.05) is 6.58 Å². The Bertz CT molecular complexity index is 276. The zero-order valence-electron chi connectivity index (χ0n) is 9.73. The average molecular weight is 246 g/mol. The van der Waals surface area contributed by atoms with Gasteiger partial charge in [0.15, 0.2) is 0 Å². The van der Waals surface area contributed by atoms with Crippen molar-refractivity contribution in [3.05, 3.63) is 12.7 Å². The van der Waals surface area contributed by atoms with Gasteiger partial charge in [0.1, 0.15) is 6.61 Å². The zero-order valence-corrected chi connectivity index (χ0v) is 9.73. The van der Waals surface area contributed by atoms with Gasteiger partial charge >= 0.3 is 12.0 Å². The lowest BCUT2D eigenvalue weighted by Gasteiger charge is -2.26. The molecule has 0 bridgehead atoms. The van der Waals surface area contributed by atoms with E-state index in [0.29, 0.717) is 0 Å². The molecule has 0 atom stereocenters. The average Bonchev–Trinajstić information content (AvgIpc) is 2.34. The smallest absolute Gasteiger partial charge is 0.330 e. The molecule has 0 radical (unpaired) electrons. The van der Waals surface area contributed by atoms with Gasteiger partial charge in [0.2, 0.25) is 0 Å². The zero-order chi connectivity index (χ0) is 13.3. The Labute approximate surface area is 99.5 Å². The third kappa shape index (κ3) is 6.54. The van der Waals surface area contributed by atoms with Crippen LogP contribution in [0.25, 0.3) is 0 Å². The first-order chi connectivity index (χ1) is 7.97. The summed E-state index contributed by atoms with van der Waals surface area (Å²) < 4.78 is 4.63. The Morgan fingerprint density at radius 2 is 2.00 bits per heavy atom. The van der Waals surface area contributed by atoms with Crippen LogP contribution in [-0.4, -0.2) is 54.1 Å². The molecule has 2 amide bonds. The summed E-state index contributed by atoms with van der Waals surface area (Å²) in [5.74, 6) is -0.567. The molecule has 0 aromatic carbocycles. The molecule has 7 nitrogen and oxygen atoms in total. The fourth-order valence-corrected chi connectivity index (χ4v) is 0.822. The summed E-state index contributed by atoms with van der Waals surface area (Å²) in [5.41, 5.74) is -1.08. The van der Waals surface area contributed by atoms with E-state index in [0.717, 1.165) is 6.08 Å². The molecule has 0 aliphatic heterocycles. The fourth-order valence-electron chi connectivity index (χ4n) is 0.822. The van der Waals surface area contributed by atoms with Gasteiger partial charge in [-0.3, -0.25) is 0 Å². The lowest BCUT2D eigenvalue weighted by atomic mass is 10.1. The highest BCUT2D eigenvalue weighted by Crippen LogP contribution is 1.99. The third-order valence-corrected chi connectivity index (χ3v) is 1.91. The van der Waals surface area contributed by atoms with Crippen LogP contribution in [0.15, 0.2) is 12.7 Å². The van der Waals surface area contributed by atoms with Gasteiger partial charge in [-0.2, -0.15) is 0 Å². The van der Waals surface area contributed by atoms with E-state index in [1.54, 1.807) is 0 Å². The first-order valence-corrected chi connectivity index (χ1v) is 5.04. The molecule has 0 saturated carbocycles. The molecule has 4 N–H and O–H groups in total. The van der Waals surface area contributed by atoms with E-state index in [2.05, 4.69) is 21.9 Å². The molecule has 0 aromatic heterocycles. The minimum absolute atomic E-state index is 0.0211. The molecule has 0 aliphatic carbocycles. The molecule has 0 aromatic rings. The van der Waals surface area contributed by atoms with Crippen molar-refractivity contribution in [1.82, 2.24) is 10.6 Å². The predicted octanol–water partition coefficient (Wildman–Crippen LogP) is -1.24. The molecular weight excluding hydrogens is 228 g/mol. The van der Waals surface area contributed by atoms with Crippen molar-refractivity contribution in [2.45, 2.75) is 12.5 Å². The van der Waals surface area contributed by atoms with Gasteiger partial charge in [-0.25, -0.2) is 9.59 Å². The number of hydrogen-bond acceptors (Lipinski definition) is 5. The summed E-state index contributed by atoms with van der Waals surface area (Å²) in [6, 6.07) is -0.565. The first kappa shape index (κ1) is 15.4. The number of aliphatic hydroxyl groups excluding tert-OH is 2.